The molecule has 0 saturated carbocycles. The zero-order valence-corrected chi connectivity index (χ0v) is 15.4. The van der Waals surface area contributed by atoms with Gasteiger partial charge in [0.05, 0.1) is 10.0 Å². The van der Waals surface area contributed by atoms with Crippen molar-refractivity contribution in [3.05, 3.63) is 87.8 Å². The van der Waals surface area contributed by atoms with Crippen LogP contribution in [0.5, 0.6) is 5.75 Å². The zero-order chi connectivity index (χ0) is 19.2. The van der Waals surface area contributed by atoms with Gasteiger partial charge in [0, 0.05) is 5.56 Å². The average molecular weight is 405 g/mol. The molecule has 3 aromatic rings. The lowest BCUT2D eigenvalue weighted by atomic mass is 10.2. The first-order chi connectivity index (χ1) is 13.0. The predicted octanol–water partition coefficient (Wildman–Crippen LogP) is 4.24. The van der Waals surface area contributed by atoms with Crippen LogP contribution in [0.15, 0.2) is 65.1 Å². The maximum absolute atomic E-state index is 12.1. The molecule has 2 amide bonds. The van der Waals surface area contributed by atoms with Crippen molar-refractivity contribution >= 4 is 35.0 Å². The van der Waals surface area contributed by atoms with Gasteiger partial charge in [0.1, 0.15) is 18.1 Å². The quantitative estimate of drug-likeness (QED) is 0.623. The van der Waals surface area contributed by atoms with Crippen LogP contribution in [-0.4, -0.2) is 11.8 Å². The summed E-state index contributed by atoms with van der Waals surface area (Å²) in [5.41, 5.74) is 4.80. The van der Waals surface area contributed by atoms with Crippen molar-refractivity contribution in [3.8, 4) is 5.75 Å². The van der Waals surface area contributed by atoms with Crippen LogP contribution < -0.4 is 15.6 Å². The van der Waals surface area contributed by atoms with Crippen molar-refractivity contribution < 1.29 is 18.7 Å². The van der Waals surface area contributed by atoms with Gasteiger partial charge in [-0.25, -0.2) is 0 Å². The number of hydrazine groups is 1. The van der Waals surface area contributed by atoms with E-state index in [9.17, 15) is 9.59 Å². The number of benzene rings is 2. The molecule has 0 unspecified atom stereocenters. The lowest BCUT2D eigenvalue weighted by Crippen LogP contribution is -2.41. The molecule has 138 valence electrons. The Balaban J connectivity index is 1.53. The topological polar surface area (TPSA) is 80.6 Å². The molecule has 2 N–H and O–H groups in total. The van der Waals surface area contributed by atoms with E-state index in [1.165, 1.54) is 24.3 Å². The minimum Gasteiger partial charge on any atom is -0.486 e. The molecule has 27 heavy (non-hydrogen) atoms. The molecule has 0 radical (unpaired) electrons. The van der Waals surface area contributed by atoms with Crippen molar-refractivity contribution in [2.24, 2.45) is 0 Å². The van der Waals surface area contributed by atoms with E-state index in [0.29, 0.717) is 16.5 Å². The molecule has 0 aliphatic rings. The minimum absolute atomic E-state index is 0.0381. The summed E-state index contributed by atoms with van der Waals surface area (Å²) in [7, 11) is 0. The molecular formula is C19H14Cl2N2O4. The maximum Gasteiger partial charge on any atom is 0.305 e. The molecule has 1 aromatic heterocycles. The largest absolute Gasteiger partial charge is 0.486 e. The summed E-state index contributed by atoms with van der Waals surface area (Å²) in [6.45, 7) is 0.174. The number of carbonyl (C=O) groups is 2. The highest BCUT2D eigenvalue weighted by atomic mass is 35.5. The predicted molar refractivity (Wildman–Crippen MR) is 101 cm³/mol. The summed E-state index contributed by atoms with van der Waals surface area (Å²) < 4.78 is 11.0. The molecule has 3 rings (SSSR count). The molecule has 0 spiro atoms. The van der Waals surface area contributed by atoms with Crippen LogP contribution in [0.4, 0.5) is 0 Å². The Labute approximate surface area is 165 Å². The number of para-hydroxylation sites is 1. The van der Waals surface area contributed by atoms with Gasteiger partial charge in [0.15, 0.2) is 5.76 Å². The molecule has 8 heteroatoms. The lowest BCUT2D eigenvalue weighted by molar-refractivity contribution is 0.0828. The first kappa shape index (κ1) is 18.8. The van der Waals surface area contributed by atoms with E-state index in [1.807, 2.05) is 30.3 Å². The highest BCUT2D eigenvalue weighted by Gasteiger charge is 2.14. The molecule has 0 saturated heterocycles. The van der Waals surface area contributed by atoms with Gasteiger partial charge >= 0.3 is 5.91 Å². The summed E-state index contributed by atoms with van der Waals surface area (Å²) in [5, 5.41) is 0.572. The van der Waals surface area contributed by atoms with Gasteiger partial charge in [-0.15, -0.1) is 0 Å². The van der Waals surface area contributed by atoms with Crippen LogP contribution >= 0.6 is 23.2 Å². The number of nitrogens with one attached hydrogen (secondary N) is 2. The number of hydrogen-bond acceptors (Lipinski definition) is 4. The van der Waals surface area contributed by atoms with E-state index in [1.54, 1.807) is 6.07 Å². The smallest absolute Gasteiger partial charge is 0.305 e. The molecule has 6 nitrogen and oxygen atoms in total. The van der Waals surface area contributed by atoms with Gasteiger partial charge in [0.2, 0.25) is 0 Å². The Morgan fingerprint density at radius 2 is 1.63 bits per heavy atom. The van der Waals surface area contributed by atoms with Gasteiger partial charge in [0.25, 0.3) is 5.91 Å². The maximum atomic E-state index is 12.1. The normalized spacial score (nSPS) is 10.3. The highest BCUT2D eigenvalue weighted by Crippen LogP contribution is 2.22. The van der Waals surface area contributed by atoms with E-state index in [2.05, 4.69) is 10.9 Å². The number of carbonyl (C=O) groups excluding carboxylic acids is 2. The SMILES string of the molecule is O=C(NNC(=O)c1ccc(COc2ccccc2)o1)c1ccc(Cl)c(Cl)c1. The number of furan rings is 1. The minimum atomic E-state index is -0.602. The monoisotopic (exact) mass is 404 g/mol. The summed E-state index contributed by atoms with van der Waals surface area (Å²) in [6.07, 6.45) is 0. The molecule has 0 aliphatic carbocycles. The van der Waals surface area contributed by atoms with E-state index in [-0.39, 0.29) is 23.0 Å². The van der Waals surface area contributed by atoms with E-state index in [0.717, 1.165) is 0 Å². The zero-order valence-electron chi connectivity index (χ0n) is 13.9. The number of rotatable bonds is 5. The van der Waals surface area contributed by atoms with Gasteiger partial charge < -0.3 is 9.15 Å². The standard InChI is InChI=1S/C19H14Cl2N2O4/c20-15-8-6-12(10-16(15)21)18(24)22-23-19(25)17-9-7-14(27-17)11-26-13-4-2-1-3-5-13/h1-10H,11H2,(H,22,24)(H,23,25). The van der Waals surface area contributed by atoms with Crippen LogP contribution in [-0.2, 0) is 6.61 Å². The van der Waals surface area contributed by atoms with Crippen LogP contribution in [0.25, 0.3) is 0 Å². The van der Waals surface area contributed by atoms with Crippen molar-refractivity contribution in [2.75, 3.05) is 0 Å². The Hall–Kier alpha value is -2.96. The van der Waals surface area contributed by atoms with E-state index in [4.69, 9.17) is 32.4 Å². The number of ether oxygens (including phenoxy) is 1. The third kappa shape index (κ3) is 5.03. The fourth-order valence-corrected chi connectivity index (χ4v) is 2.43. The summed E-state index contributed by atoms with van der Waals surface area (Å²) in [5.74, 6) is 0.0557. The molecular weight excluding hydrogens is 391 g/mol. The Morgan fingerprint density at radius 1 is 0.889 bits per heavy atom. The molecule has 0 bridgehead atoms. The molecule has 0 fully saturated rings. The average Bonchev–Trinajstić information content (AvgIpc) is 3.16. The second kappa shape index (κ2) is 8.62. The summed E-state index contributed by atoms with van der Waals surface area (Å²) in [4.78, 5) is 24.1. The molecule has 0 atom stereocenters. The highest BCUT2D eigenvalue weighted by molar-refractivity contribution is 6.42. The van der Waals surface area contributed by atoms with Crippen molar-refractivity contribution in [1.82, 2.24) is 10.9 Å². The van der Waals surface area contributed by atoms with E-state index < -0.39 is 11.8 Å². The van der Waals surface area contributed by atoms with Crippen LogP contribution in [0, 0.1) is 0 Å². The van der Waals surface area contributed by atoms with Crippen molar-refractivity contribution in [1.29, 1.82) is 0 Å². The van der Waals surface area contributed by atoms with Crippen LogP contribution in [0.3, 0.4) is 0 Å². The van der Waals surface area contributed by atoms with Gasteiger partial charge in [-0.3, -0.25) is 20.4 Å². The summed E-state index contributed by atoms with van der Waals surface area (Å²) in [6, 6.07) is 16.7. The Bertz CT molecular complexity index is 957. The van der Waals surface area contributed by atoms with Crippen molar-refractivity contribution in [2.45, 2.75) is 6.61 Å². The number of hydrogen-bond donors (Lipinski definition) is 2. The van der Waals surface area contributed by atoms with Gasteiger partial charge in [-0.1, -0.05) is 41.4 Å². The third-order valence-corrected chi connectivity index (χ3v) is 4.22. The fourth-order valence-electron chi connectivity index (χ4n) is 2.13. The van der Waals surface area contributed by atoms with Crippen LogP contribution in [0.2, 0.25) is 10.0 Å². The molecule has 0 aliphatic heterocycles. The molecule has 1 heterocycles. The van der Waals surface area contributed by atoms with E-state index >= 15 is 0 Å². The fraction of sp³-hybridized carbons (Fsp3) is 0.0526. The van der Waals surface area contributed by atoms with Crippen LogP contribution in [0.1, 0.15) is 26.7 Å². The lowest BCUT2D eigenvalue weighted by Gasteiger charge is -2.07. The molecule has 2 aromatic carbocycles. The van der Waals surface area contributed by atoms with Gasteiger partial charge in [-0.2, -0.15) is 0 Å². The first-order valence-corrected chi connectivity index (χ1v) is 8.61. The Kier molecular flexibility index (Phi) is 6.01. The summed E-state index contributed by atoms with van der Waals surface area (Å²) >= 11 is 11.7. The van der Waals surface area contributed by atoms with Crippen molar-refractivity contribution in [3.63, 3.8) is 0 Å². The second-order valence-corrected chi connectivity index (χ2v) is 6.22. The third-order valence-electron chi connectivity index (χ3n) is 3.48. The second-order valence-electron chi connectivity index (χ2n) is 5.40. The first-order valence-electron chi connectivity index (χ1n) is 7.85. The number of halogens is 2. The Morgan fingerprint density at radius 3 is 2.37 bits per heavy atom. The number of amides is 2. The van der Waals surface area contributed by atoms with Gasteiger partial charge in [-0.05, 0) is 42.5 Å².